The highest BCUT2D eigenvalue weighted by Crippen LogP contribution is 2.17. The molecule has 2 nitrogen and oxygen atoms in total. The number of rotatable bonds is 5. The van der Waals surface area contributed by atoms with E-state index < -0.39 is 0 Å². The van der Waals surface area contributed by atoms with Crippen molar-refractivity contribution in [1.82, 2.24) is 5.32 Å². The van der Waals surface area contributed by atoms with Gasteiger partial charge in [-0.1, -0.05) is 32.6 Å². The molecule has 0 heterocycles. The van der Waals surface area contributed by atoms with E-state index >= 15 is 0 Å². The van der Waals surface area contributed by atoms with Crippen LogP contribution < -0.4 is 5.32 Å². The largest absolute Gasteiger partial charge is 0.393 e. The molecule has 1 fully saturated rings. The summed E-state index contributed by atoms with van der Waals surface area (Å²) >= 11 is 0. The van der Waals surface area contributed by atoms with Crippen LogP contribution in [0.25, 0.3) is 0 Å². The summed E-state index contributed by atoms with van der Waals surface area (Å²) in [5.41, 5.74) is 0. The van der Waals surface area contributed by atoms with Gasteiger partial charge in [-0.15, -0.1) is 0 Å². The molecule has 1 saturated carbocycles. The molecule has 0 aromatic heterocycles. The summed E-state index contributed by atoms with van der Waals surface area (Å²) in [7, 11) is 0. The maximum absolute atomic E-state index is 9.40. The Balaban J connectivity index is 2.04. The summed E-state index contributed by atoms with van der Waals surface area (Å²) in [6, 6.07) is 0.724. The van der Waals surface area contributed by atoms with Gasteiger partial charge in [0, 0.05) is 6.04 Å². The van der Waals surface area contributed by atoms with Crippen molar-refractivity contribution in [3.8, 4) is 0 Å². The third-order valence-corrected chi connectivity index (χ3v) is 3.24. The molecule has 1 rings (SSSR count). The molecule has 1 unspecified atom stereocenters. The Hall–Kier alpha value is -0.0800. The summed E-state index contributed by atoms with van der Waals surface area (Å²) in [5.74, 6) is 0. The minimum absolute atomic E-state index is 0.103. The van der Waals surface area contributed by atoms with Crippen molar-refractivity contribution in [3.05, 3.63) is 0 Å². The van der Waals surface area contributed by atoms with Gasteiger partial charge in [0.1, 0.15) is 0 Å². The molecule has 0 aliphatic heterocycles. The van der Waals surface area contributed by atoms with Crippen LogP contribution in [-0.2, 0) is 0 Å². The quantitative estimate of drug-likeness (QED) is 0.667. The van der Waals surface area contributed by atoms with E-state index in [0.717, 1.165) is 25.4 Å². The van der Waals surface area contributed by atoms with E-state index in [9.17, 15) is 5.11 Å². The van der Waals surface area contributed by atoms with Gasteiger partial charge in [0.05, 0.1) is 6.10 Å². The van der Waals surface area contributed by atoms with Crippen molar-refractivity contribution in [2.75, 3.05) is 6.54 Å². The van der Waals surface area contributed by atoms with E-state index in [0.29, 0.717) is 0 Å². The molecule has 0 bridgehead atoms. The average molecular weight is 199 g/mol. The molecule has 14 heavy (non-hydrogen) atoms. The zero-order valence-corrected chi connectivity index (χ0v) is 9.47. The lowest BCUT2D eigenvalue weighted by Crippen LogP contribution is -2.31. The third-order valence-electron chi connectivity index (χ3n) is 3.24. The zero-order valence-electron chi connectivity index (χ0n) is 9.47. The average Bonchev–Trinajstić information content (AvgIpc) is 2.46. The maximum atomic E-state index is 9.40. The lowest BCUT2D eigenvalue weighted by molar-refractivity contribution is 0.158. The molecule has 1 aliphatic carbocycles. The minimum Gasteiger partial charge on any atom is -0.393 e. The molecular formula is C12H25NO. The molecule has 84 valence electrons. The first-order valence-electron chi connectivity index (χ1n) is 6.24. The second kappa shape index (κ2) is 7.24. The molecule has 0 spiro atoms. The van der Waals surface area contributed by atoms with Gasteiger partial charge < -0.3 is 10.4 Å². The Kier molecular flexibility index (Phi) is 6.20. The first-order valence-corrected chi connectivity index (χ1v) is 6.24. The van der Waals surface area contributed by atoms with Crippen LogP contribution >= 0.6 is 0 Å². The molecule has 0 saturated heterocycles. The smallest absolute Gasteiger partial charge is 0.0549 e. The van der Waals surface area contributed by atoms with E-state index in [1.165, 1.54) is 38.5 Å². The van der Waals surface area contributed by atoms with E-state index in [1.807, 2.05) is 6.92 Å². The topological polar surface area (TPSA) is 32.3 Å². The predicted octanol–water partition coefficient (Wildman–Crippen LogP) is 2.46. The molecule has 1 aliphatic rings. The number of hydrogen-bond donors (Lipinski definition) is 2. The summed E-state index contributed by atoms with van der Waals surface area (Å²) in [6.45, 7) is 3.02. The van der Waals surface area contributed by atoms with E-state index in [-0.39, 0.29) is 6.10 Å². The van der Waals surface area contributed by atoms with Gasteiger partial charge in [-0.3, -0.25) is 0 Å². The second-order valence-electron chi connectivity index (χ2n) is 4.49. The van der Waals surface area contributed by atoms with Crippen LogP contribution in [0.15, 0.2) is 0 Å². The summed E-state index contributed by atoms with van der Waals surface area (Å²) in [5, 5.41) is 13.0. The normalized spacial score (nSPS) is 21.9. The van der Waals surface area contributed by atoms with Crippen LogP contribution in [0.3, 0.4) is 0 Å². The molecular weight excluding hydrogens is 174 g/mol. The van der Waals surface area contributed by atoms with E-state index in [1.54, 1.807) is 0 Å². The highest BCUT2D eigenvalue weighted by atomic mass is 16.3. The summed E-state index contributed by atoms with van der Waals surface area (Å²) < 4.78 is 0. The lowest BCUT2D eigenvalue weighted by atomic mass is 10.1. The van der Waals surface area contributed by atoms with Crippen molar-refractivity contribution in [1.29, 1.82) is 0 Å². The number of nitrogens with one attached hydrogen (secondary N) is 1. The number of hydrogen-bond acceptors (Lipinski definition) is 2. The van der Waals surface area contributed by atoms with Gasteiger partial charge in [-0.25, -0.2) is 0 Å². The Morgan fingerprint density at radius 3 is 2.43 bits per heavy atom. The summed E-state index contributed by atoms with van der Waals surface area (Å²) in [6.07, 6.45) is 9.95. The minimum atomic E-state index is -0.103. The molecule has 0 aromatic rings. The van der Waals surface area contributed by atoms with Crippen LogP contribution in [0.4, 0.5) is 0 Å². The molecule has 0 radical (unpaired) electrons. The Morgan fingerprint density at radius 1 is 1.21 bits per heavy atom. The Labute approximate surface area is 88.1 Å². The van der Waals surface area contributed by atoms with Gasteiger partial charge in [-0.05, 0) is 32.2 Å². The van der Waals surface area contributed by atoms with Gasteiger partial charge in [0.15, 0.2) is 0 Å². The fraction of sp³-hybridized carbons (Fsp3) is 1.00. The van der Waals surface area contributed by atoms with Crippen LogP contribution in [-0.4, -0.2) is 23.8 Å². The van der Waals surface area contributed by atoms with E-state index in [4.69, 9.17) is 0 Å². The van der Waals surface area contributed by atoms with Crippen molar-refractivity contribution in [2.45, 2.75) is 70.4 Å². The lowest BCUT2D eigenvalue weighted by Gasteiger charge is -2.17. The maximum Gasteiger partial charge on any atom is 0.0549 e. The SMILES string of the molecule is CCC(O)CCNC1CCCCCC1. The highest BCUT2D eigenvalue weighted by molar-refractivity contribution is 4.71. The molecule has 0 aromatic carbocycles. The summed E-state index contributed by atoms with van der Waals surface area (Å²) in [4.78, 5) is 0. The van der Waals surface area contributed by atoms with Crippen molar-refractivity contribution >= 4 is 0 Å². The van der Waals surface area contributed by atoms with Crippen LogP contribution in [0.1, 0.15) is 58.3 Å². The van der Waals surface area contributed by atoms with Gasteiger partial charge in [0.2, 0.25) is 0 Å². The second-order valence-corrected chi connectivity index (χ2v) is 4.49. The number of aliphatic hydroxyl groups excluding tert-OH is 1. The van der Waals surface area contributed by atoms with Gasteiger partial charge in [-0.2, -0.15) is 0 Å². The van der Waals surface area contributed by atoms with Crippen molar-refractivity contribution < 1.29 is 5.11 Å². The molecule has 2 heteroatoms. The molecule has 1 atom stereocenters. The highest BCUT2D eigenvalue weighted by Gasteiger charge is 2.11. The van der Waals surface area contributed by atoms with Crippen molar-refractivity contribution in [3.63, 3.8) is 0 Å². The Morgan fingerprint density at radius 2 is 1.86 bits per heavy atom. The van der Waals surface area contributed by atoms with Crippen LogP contribution in [0, 0.1) is 0 Å². The van der Waals surface area contributed by atoms with Gasteiger partial charge >= 0.3 is 0 Å². The predicted molar refractivity (Wildman–Crippen MR) is 60.4 cm³/mol. The fourth-order valence-corrected chi connectivity index (χ4v) is 2.14. The number of aliphatic hydroxyl groups is 1. The third kappa shape index (κ3) is 4.97. The fourth-order valence-electron chi connectivity index (χ4n) is 2.14. The van der Waals surface area contributed by atoms with Crippen molar-refractivity contribution in [2.24, 2.45) is 0 Å². The van der Waals surface area contributed by atoms with Crippen LogP contribution in [0.5, 0.6) is 0 Å². The zero-order chi connectivity index (χ0) is 10.2. The standard InChI is InChI=1S/C12H25NO/c1-2-12(14)9-10-13-11-7-5-3-4-6-8-11/h11-14H,2-10H2,1H3. The van der Waals surface area contributed by atoms with E-state index in [2.05, 4.69) is 5.32 Å². The Bertz CT molecular complexity index is 130. The first kappa shape index (κ1) is 12.0. The molecule has 0 amide bonds. The monoisotopic (exact) mass is 199 g/mol. The molecule has 2 N–H and O–H groups in total. The first-order chi connectivity index (χ1) is 6.83. The van der Waals surface area contributed by atoms with Gasteiger partial charge in [0.25, 0.3) is 0 Å². The van der Waals surface area contributed by atoms with Crippen LogP contribution in [0.2, 0.25) is 0 Å².